The van der Waals surface area contributed by atoms with Gasteiger partial charge in [0.15, 0.2) is 17.3 Å². The van der Waals surface area contributed by atoms with Gasteiger partial charge in [0, 0.05) is 5.56 Å². The Morgan fingerprint density at radius 1 is 1.32 bits per heavy atom. The lowest BCUT2D eigenvalue weighted by Crippen LogP contribution is -2.25. The molecule has 1 aliphatic rings. The van der Waals surface area contributed by atoms with E-state index >= 15 is 0 Å². The maximum atomic E-state index is 12.4. The number of Topliss-reactive ketones (excluding diaryl/α,β-unsaturated/α-hetero) is 1. The standard InChI is InChI=1S/C14H16O5/c1-4-9(14(16)17-3)13(15)10-6-12-11(5-8(10)2)18-7-19-12/h5-6,9H,4,7H2,1-3H3. The number of carbonyl (C=O) groups excluding carboxylic acids is 2. The summed E-state index contributed by atoms with van der Waals surface area (Å²) >= 11 is 0. The molecule has 0 amide bonds. The van der Waals surface area contributed by atoms with Crippen molar-refractivity contribution in [2.75, 3.05) is 13.9 Å². The van der Waals surface area contributed by atoms with Gasteiger partial charge in [-0.3, -0.25) is 9.59 Å². The van der Waals surface area contributed by atoms with Crippen molar-refractivity contribution in [3.8, 4) is 11.5 Å². The van der Waals surface area contributed by atoms with Crippen molar-refractivity contribution in [3.63, 3.8) is 0 Å². The maximum Gasteiger partial charge on any atom is 0.316 e. The highest BCUT2D eigenvalue weighted by Gasteiger charge is 2.29. The van der Waals surface area contributed by atoms with E-state index in [1.54, 1.807) is 26.0 Å². The first-order valence-corrected chi connectivity index (χ1v) is 6.10. The first-order chi connectivity index (χ1) is 9.08. The number of hydrogen-bond donors (Lipinski definition) is 0. The first-order valence-electron chi connectivity index (χ1n) is 6.10. The SMILES string of the molecule is CCC(C(=O)OC)C(=O)c1cc2c(cc1C)OCO2. The molecule has 2 rings (SSSR count). The average molecular weight is 264 g/mol. The van der Waals surface area contributed by atoms with Gasteiger partial charge in [-0.1, -0.05) is 6.92 Å². The zero-order valence-corrected chi connectivity index (χ0v) is 11.2. The highest BCUT2D eigenvalue weighted by molar-refractivity contribution is 6.09. The van der Waals surface area contributed by atoms with E-state index in [0.29, 0.717) is 23.5 Å². The highest BCUT2D eigenvalue weighted by atomic mass is 16.7. The predicted molar refractivity (Wildman–Crippen MR) is 67.4 cm³/mol. The Bertz CT molecular complexity index is 521. The van der Waals surface area contributed by atoms with Gasteiger partial charge >= 0.3 is 5.97 Å². The number of methoxy groups -OCH3 is 1. The second-order valence-corrected chi connectivity index (χ2v) is 4.37. The Hall–Kier alpha value is -2.04. The van der Waals surface area contributed by atoms with Gasteiger partial charge in [0.25, 0.3) is 0 Å². The number of esters is 1. The van der Waals surface area contributed by atoms with E-state index in [1.807, 2.05) is 0 Å². The molecule has 0 saturated heterocycles. The third-order valence-electron chi connectivity index (χ3n) is 3.20. The Morgan fingerprint density at radius 2 is 1.95 bits per heavy atom. The lowest BCUT2D eigenvalue weighted by molar-refractivity contribution is -0.143. The van der Waals surface area contributed by atoms with E-state index in [-0.39, 0.29) is 12.6 Å². The zero-order chi connectivity index (χ0) is 14.0. The minimum Gasteiger partial charge on any atom is -0.468 e. The van der Waals surface area contributed by atoms with Crippen molar-refractivity contribution in [3.05, 3.63) is 23.3 Å². The van der Waals surface area contributed by atoms with Crippen LogP contribution in [0.2, 0.25) is 0 Å². The van der Waals surface area contributed by atoms with Gasteiger partial charge in [-0.2, -0.15) is 0 Å². The van der Waals surface area contributed by atoms with Gasteiger partial charge in [0.05, 0.1) is 7.11 Å². The largest absolute Gasteiger partial charge is 0.468 e. The summed E-state index contributed by atoms with van der Waals surface area (Å²) in [6, 6.07) is 3.38. The van der Waals surface area contributed by atoms with Crippen LogP contribution in [-0.2, 0) is 9.53 Å². The van der Waals surface area contributed by atoms with E-state index in [4.69, 9.17) is 9.47 Å². The molecule has 5 heteroatoms. The average Bonchev–Trinajstić information content (AvgIpc) is 2.85. The van der Waals surface area contributed by atoms with Gasteiger partial charge in [0.2, 0.25) is 6.79 Å². The summed E-state index contributed by atoms with van der Waals surface area (Å²) in [7, 11) is 1.28. The van der Waals surface area contributed by atoms with E-state index in [0.717, 1.165) is 5.56 Å². The van der Waals surface area contributed by atoms with Crippen LogP contribution in [0.4, 0.5) is 0 Å². The molecule has 0 N–H and O–H groups in total. The lowest BCUT2D eigenvalue weighted by Gasteiger charge is -2.13. The van der Waals surface area contributed by atoms with Crippen molar-refractivity contribution in [2.24, 2.45) is 5.92 Å². The highest BCUT2D eigenvalue weighted by Crippen LogP contribution is 2.35. The number of ether oxygens (including phenoxy) is 3. The summed E-state index contributed by atoms with van der Waals surface area (Å²) in [6.45, 7) is 3.74. The number of carbonyl (C=O) groups is 2. The molecule has 5 nitrogen and oxygen atoms in total. The monoisotopic (exact) mass is 264 g/mol. The first kappa shape index (κ1) is 13.4. The van der Waals surface area contributed by atoms with Crippen molar-refractivity contribution in [2.45, 2.75) is 20.3 Å². The van der Waals surface area contributed by atoms with Crippen LogP contribution in [0.1, 0.15) is 29.3 Å². The van der Waals surface area contributed by atoms with Gasteiger partial charge in [0.1, 0.15) is 5.92 Å². The minimum absolute atomic E-state index is 0.153. The van der Waals surface area contributed by atoms with Crippen LogP contribution in [0.25, 0.3) is 0 Å². The zero-order valence-electron chi connectivity index (χ0n) is 11.2. The predicted octanol–water partition coefficient (Wildman–Crippen LogP) is 2.11. The van der Waals surface area contributed by atoms with Gasteiger partial charge in [-0.05, 0) is 31.0 Å². The second kappa shape index (κ2) is 5.30. The number of ketones is 1. The molecule has 1 aromatic carbocycles. The molecule has 0 spiro atoms. The van der Waals surface area contributed by atoms with Crippen molar-refractivity contribution in [1.82, 2.24) is 0 Å². The lowest BCUT2D eigenvalue weighted by atomic mass is 9.92. The summed E-state index contributed by atoms with van der Waals surface area (Å²) in [5.41, 5.74) is 1.23. The fraction of sp³-hybridized carbons (Fsp3) is 0.429. The number of fused-ring (bicyclic) bond motifs is 1. The normalized spacial score (nSPS) is 14.1. The van der Waals surface area contributed by atoms with E-state index in [9.17, 15) is 9.59 Å². The van der Waals surface area contributed by atoms with Crippen LogP contribution in [0, 0.1) is 12.8 Å². The fourth-order valence-electron chi connectivity index (χ4n) is 2.10. The molecular formula is C14H16O5. The Kier molecular flexibility index (Phi) is 3.74. The smallest absolute Gasteiger partial charge is 0.316 e. The van der Waals surface area contributed by atoms with E-state index in [1.165, 1.54) is 7.11 Å². The van der Waals surface area contributed by atoms with Gasteiger partial charge < -0.3 is 14.2 Å². The molecule has 0 fully saturated rings. The topological polar surface area (TPSA) is 61.8 Å². The third kappa shape index (κ3) is 2.41. The summed E-state index contributed by atoms with van der Waals surface area (Å²) < 4.78 is 15.2. The summed E-state index contributed by atoms with van der Waals surface area (Å²) in [5.74, 6) is -0.368. The maximum absolute atomic E-state index is 12.4. The van der Waals surface area contributed by atoms with Crippen molar-refractivity contribution in [1.29, 1.82) is 0 Å². The number of benzene rings is 1. The molecule has 19 heavy (non-hydrogen) atoms. The van der Waals surface area contributed by atoms with Crippen LogP contribution in [0.5, 0.6) is 11.5 Å². The van der Waals surface area contributed by atoms with Crippen LogP contribution >= 0.6 is 0 Å². The van der Waals surface area contributed by atoms with Gasteiger partial charge in [-0.15, -0.1) is 0 Å². The molecule has 1 atom stereocenters. The van der Waals surface area contributed by atoms with Crippen LogP contribution in [-0.4, -0.2) is 25.7 Å². The molecule has 1 heterocycles. The van der Waals surface area contributed by atoms with Crippen molar-refractivity contribution < 1.29 is 23.8 Å². The van der Waals surface area contributed by atoms with Crippen LogP contribution in [0.3, 0.4) is 0 Å². The molecular weight excluding hydrogens is 248 g/mol. The fourth-order valence-corrected chi connectivity index (χ4v) is 2.10. The Morgan fingerprint density at radius 3 is 2.53 bits per heavy atom. The molecule has 102 valence electrons. The molecule has 1 aromatic rings. The minimum atomic E-state index is -0.774. The quantitative estimate of drug-likeness (QED) is 0.473. The molecule has 0 aliphatic carbocycles. The van der Waals surface area contributed by atoms with Crippen molar-refractivity contribution >= 4 is 11.8 Å². The molecule has 1 unspecified atom stereocenters. The summed E-state index contributed by atoms with van der Waals surface area (Å²) in [4.78, 5) is 24.0. The van der Waals surface area contributed by atoms with Crippen LogP contribution < -0.4 is 9.47 Å². The Labute approximate surface area is 111 Å². The molecule has 1 aliphatic heterocycles. The third-order valence-corrected chi connectivity index (χ3v) is 3.20. The number of rotatable bonds is 4. The molecule has 0 saturated carbocycles. The Balaban J connectivity index is 2.36. The molecule has 0 aromatic heterocycles. The summed E-state index contributed by atoms with van der Waals surface area (Å²) in [5, 5.41) is 0. The second-order valence-electron chi connectivity index (χ2n) is 4.37. The number of aryl methyl sites for hydroxylation is 1. The summed E-state index contributed by atoms with van der Waals surface area (Å²) in [6.07, 6.45) is 0.402. The van der Waals surface area contributed by atoms with Crippen LogP contribution in [0.15, 0.2) is 12.1 Å². The number of hydrogen-bond acceptors (Lipinski definition) is 5. The van der Waals surface area contributed by atoms with Gasteiger partial charge in [-0.25, -0.2) is 0 Å². The van der Waals surface area contributed by atoms with E-state index < -0.39 is 11.9 Å². The van der Waals surface area contributed by atoms with E-state index in [2.05, 4.69) is 4.74 Å². The molecule has 0 bridgehead atoms. The molecule has 0 radical (unpaired) electrons.